The zero-order chi connectivity index (χ0) is 38.3. The fourth-order valence-electron chi connectivity index (χ4n) is 8.05. The Bertz CT molecular complexity index is 3170. The number of para-hydroxylation sites is 1. The molecule has 8 aromatic rings. The largest absolute Gasteiger partial charge is 0.456 e. The lowest BCUT2D eigenvalue weighted by Crippen LogP contribution is -2.22. The van der Waals surface area contributed by atoms with E-state index >= 15 is 0 Å². The van der Waals surface area contributed by atoms with Gasteiger partial charge in [-0.05, 0) is 103 Å². The van der Waals surface area contributed by atoms with Crippen molar-refractivity contribution in [3.05, 3.63) is 190 Å². The van der Waals surface area contributed by atoms with Crippen LogP contribution in [-0.2, 0) is 0 Å². The van der Waals surface area contributed by atoms with Gasteiger partial charge in [-0.2, -0.15) is 0 Å². The van der Waals surface area contributed by atoms with Crippen molar-refractivity contribution in [1.82, 2.24) is 15.0 Å². The molecule has 5 aromatic carbocycles. The van der Waals surface area contributed by atoms with Crippen LogP contribution in [-0.4, -0.2) is 15.0 Å². The second kappa shape index (κ2) is 14.8. The topological polar surface area (TPSA) is 51.8 Å². The summed E-state index contributed by atoms with van der Waals surface area (Å²) in [5, 5.41) is 4.51. The van der Waals surface area contributed by atoms with Gasteiger partial charge in [-0.25, -0.2) is 15.0 Å². The normalized spacial score (nSPS) is 15.2. The number of allylic oxidation sites excluding steroid dienone is 10. The summed E-state index contributed by atoms with van der Waals surface area (Å²) < 4.78 is 8.70. The highest BCUT2D eigenvalue weighted by atomic mass is 32.1. The molecule has 0 aliphatic heterocycles. The molecule has 0 amide bonds. The van der Waals surface area contributed by atoms with Crippen molar-refractivity contribution >= 4 is 60.6 Å². The van der Waals surface area contributed by atoms with E-state index in [1.165, 1.54) is 48.0 Å². The molecule has 274 valence electrons. The van der Waals surface area contributed by atoms with Crippen LogP contribution in [0, 0.1) is 0 Å². The summed E-state index contributed by atoms with van der Waals surface area (Å²) in [7, 11) is 0. The number of hydrogen-bond donors (Lipinski definition) is 0. The number of rotatable bonds is 6. The second-order valence-electron chi connectivity index (χ2n) is 14.6. The van der Waals surface area contributed by atoms with Gasteiger partial charge in [0.25, 0.3) is 0 Å². The Labute approximate surface area is 335 Å². The van der Waals surface area contributed by atoms with E-state index in [2.05, 4.69) is 135 Å². The van der Waals surface area contributed by atoms with E-state index < -0.39 is 0 Å². The predicted molar refractivity (Wildman–Crippen MR) is 239 cm³/mol. The smallest absolute Gasteiger partial charge is 0.164 e. The van der Waals surface area contributed by atoms with Crippen LogP contribution in [0.5, 0.6) is 0 Å². The molecular formula is C52H39N3OS. The molecule has 0 saturated heterocycles. The third kappa shape index (κ3) is 6.60. The van der Waals surface area contributed by atoms with Gasteiger partial charge in [0.05, 0.1) is 0 Å². The zero-order valence-electron chi connectivity index (χ0n) is 31.9. The van der Waals surface area contributed by atoms with Crippen molar-refractivity contribution in [2.75, 3.05) is 0 Å². The Hall–Kier alpha value is -6.69. The van der Waals surface area contributed by atoms with Crippen LogP contribution in [0.4, 0.5) is 0 Å². The number of furan rings is 1. The fourth-order valence-corrected chi connectivity index (χ4v) is 9.18. The third-order valence-electron chi connectivity index (χ3n) is 11.0. The van der Waals surface area contributed by atoms with E-state index in [1.54, 1.807) is 11.3 Å². The summed E-state index contributed by atoms with van der Waals surface area (Å²) in [5.74, 6) is 1.89. The van der Waals surface area contributed by atoms with Crippen LogP contribution in [0.15, 0.2) is 173 Å². The van der Waals surface area contributed by atoms with Crippen molar-refractivity contribution < 1.29 is 4.42 Å². The van der Waals surface area contributed by atoms with E-state index in [9.17, 15) is 0 Å². The lowest BCUT2D eigenvalue weighted by atomic mass is 9.96. The molecule has 57 heavy (non-hydrogen) atoms. The van der Waals surface area contributed by atoms with E-state index in [0.717, 1.165) is 63.1 Å². The minimum atomic E-state index is 0.608. The highest BCUT2D eigenvalue weighted by molar-refractivity contribution is 7.17. The molecule has 3 aromatic heterocycles. The van der Waals surface area contributed by atoms with E-state index in [0.29, 0.717) is 17.5 Å². The summed E-state index contributed by atoms with van der Waals surface area (Å²) in [4.78, 5) is 15.4. The zero-order valence-corrected chi connectivity index (χ0v) is 32.7. The molecule has 0 unspecified atom stereocenters. The monoisotopic (exact) mass is 753 g/mol. The third-order valence-corrected chi connectivity index (χ3v) is 12.3. The molecule has 0 bridgehead atoms. The highest BCUT2D eigenvalue weighted by Crippen LogP contribution is 2.33. The Morgan fingerprint density at radius 2 is 1.39 bits per heavy atom. The van der Waals surface area contributed by atoms with E-state index in [4.69, 9.17) is 19.4 Å². The van der Waals surface area contributed by atoms with E-state index in [1.807, 2.05) is 42.5 Å². The lowest BCUT2D eigenvalue weighted by molar-refractivity contribution is 0.669. The molecule has 0 radical (unpaired) electrons. The van der Waals surface area contributed by atoms with Gasteiger partial charge in [-0.3, -0.25) is 0 Å². The number of hydrogen-bond acceptors (Lipinski definition) is 5. The average Bonchev–Trinajstić information content (AvgIpc) is 3.73. The minimum absolute atomic E-state index is 0.608. The molecule has 2 aliphatic rings. The van der Waals surface area contributed by atoms with Gasteiger partial charge in [0.1, 0.15) is 11.2 Å². The molecule has 0 saturated carbocycles. The first kappa shape index (κ1) is 34.8. The number of fused-ring (bicyclic) bond motifs is 4. The predicted octanol–water partition coefficient (Wildman–Crippen LogP) is 12.6. The highest BCUT2D eigenvalue weighted by Gasteiger charge is 2.17. The quantitative estimate of drug-likeness (QED) is 0.170. The molecule has 2 aliphatic carbocycles. The maximum absolute atomic E-state index is 6.27. The second-order valence-corrected chi connectivity index (χ2v) is 15.7. The van der Waals surface area contributed by atoms with Gasteiger partial charge in [-0.15, -0.1) is 11.3 Å². The number of aromatic nitrogens is 3. The van der Waals surface area contributed by atoms with Crippen LogP contribution in [0.25, 0.3) is 83.1 Å². The molecule has 10 rings (SSSR count). The maximum atomic E-state index is 6.27. The molecular weight excluding hydrogens is 715 g/mol. The maximum Gasteiger partial charge on any atom is 0.164 e. The van der Waals surface area contributed by atoms with Crippen molar-refractivity contribution in [3.63, 3.8) is 0 Å². The summed E-state index contributed by atoms with van der Waals surface area (Å²) in [5.41, 5.74) is 12.1. The summed E-state index contributed by atoms with van der Waals surface area (Å²) in [6.07, 6.45) is 21.3. The Morgan fingerprint density at radius 1 is 0.649 bits per heavy atom. The minimum Gasteiger partial charge on any atom is -0.456 e. The van der Waals surface area contributed by atoms with Crippen LogP contribution in [0.3, 0.4) is 0 Å². The Morgan fingerprint density at radius 3 is 2.25 bits per heavy atom. The van der Waals surface area contributed by atoms with Crippen molar-refractivity contribution in [2.45, 2.75) is 33.1 Å². The number of benzene rings is 5. The number of thiophene rings is 1. The van der Waals surface area contributed by atoms with Gasteiger partial charge >= 0.3 is 0 Å². The molecule has 5 heteroatoms. The molecule has 0 atom stereocenters. The Kier molecular flexibility index (Phi) is 9.00. The summed E-state index contributed by atoms with van der Waals surface area (Å²) in [6, 6.07) is 40.3. The first-order valence-electron chi connectivity index (χ1n) is 19.6. The molecule has 3 heterocycles. The van der Waals surface area contributed by atoms with Crippen molar-refractivity contribution in [1.29, 1.82) is 0 Å². The molecule has 0 spiro atoms. The van der Waals surface area contributed by atoms with Crippen LogP contribution >= 0.6 is 11.3 Å². The van der Waals surface area contributed by atoms with Gasteiger partial charge in [0.15, 0.2) is 17.5 Å². The van der Waals surface area contributed by atoms with Crippen molar-refractivity contribution in [3.8, 4) is 33.9 Å². The van der Waals surface area contributed by atoms with Crippen LogP contribution < -0.4 is 9.75 Å². The summed E-state index contributed by atoms with van der Waals surface area (Å²) in [6.45, 7) is 4.25. The first-order valence-corrected chi connectivity index (χ1v) is 20.4. The SMILES string of the molecule is C/C=c1/sc2ccc(-c3cccc(C4=CCC=C(C5=CC=CCC5)C=C4)c3)cc2/c1=C(/C)c1nc(-c2ccccc2)nc(-c2ccc3c(c2)oc2ccccc23)n1. The van der Waals surface area contributed by atoms with Gasteiger partial charge in [0, 0.05) is 47.3 Å². The van der Waals surface area contributed by atoms with Gasteiger partial charge < -0.3 is 4.42 Å². The molecule has 0 fully saturated rings. The lowest BCUT2D eigenvalue weighted by Gasteiger charge is -2.10. The fraction of sp³-hybridized carbons (Fsp3) is 0.0962. The number of nitrogens with zero attached hydrogens (tertiary/aromatic N) is 3. The standard InChI is InChI=1S/C52H39N3OS/c1-3-47-49(44-31-40(27-29-48(44)57-47)39-21-13-20-38(30-39)36-19-12-18-35(24-25-36)34-14-6-4-7-15-34)33(2)50-53-51(37-16-8-5-9-17-37)55-52(54-50)41-26-28-43-42-22-10-11-23-45(42)56-46(43)32-41/h3-6,8-11,13-14,16-32H,7,12,15H2,1-2H3/b47-3+,49-33+. The van der Waals surface area contributed by atoms with Crippen LogP contribution in [0.1, 0.15) is 44.5 Å². The Balaban J connectivity index is 1.08. The average molecular weight is 754 g/mol. The summed E-state index contributed by atoms with van der Waals surface area (Å²) >= 11 is 1.80. The molecule has 4 nitrogen and oxygen atoms in total. The van der Waals surface area contributed by atoms with Gasteiger partial charge in [-0.1, -0.05) is 127 Å². The van der Waals surface area contributed by atoms with Crippen LogP contribution in [0.2, 0.25) is 0 Å². The van der Waals surface area contributed by atoms with Gasteiger partial charge in [0.2, 0.25) is 0 Å². The van der Waals surface area contributed by atoms with E-state index in [-0.39, 0.29) is 0 Å². The van der Waals surface area contributed by atoms with Crippen molar-refractivity contribution in [2.24, 2.45) is 0 Å². The first-order chi connectivity index (χ1) is 28.1. The molecule has 0 N–H and O–H groups in total.